The van der Waals surface area contributed by atoms with Gasteiger partial charge in [-0.05, 0) is 54.4 Å². The fraction of sp³-hybridized carbons (Fsp3) is 0.857. The van der Waals surface area contributed by atoms with Crippen molar-refractivity contribution in [3.63, 3.8) is 0 Å². The first kappa shape index (κ1) is 15.1. The van der Waals surface area contributed by atoms with Crippen LogP contribution in [0.5, 0.6) is 0 Å². The van der Waals surface area contributed by atoms with Crippen molar-refractivity contribution in [2.75, 3.05) is 6.61 Å². The maximum absolute atomic E-state index is 12.1. The largest absolute Gasteiger partial charge is 0.458 e. The lowest BCUT2D eigenvalue weighted by molar-refractivity contribution is -0.136. The maximum Gasteiger partial charge on any atom is 0.334 e. The highest BCUT2D eigenvalue weighted by atomic mass is 16.7. The van der Waals surface area contributed by atoms with Crippen molar-refractivity contribution in [2.45, 2.75) is 76.0 Å². The van der Waals surface area contributed by atoms with E-state index in [9.17, 15) is 9.90 Å². The lowest BCUT2D eigenvalue weighted by Gasteiger charge is -2.56. The smallest absolute Gasteiger partial charge is 0.334 e. The number of carbonyl (C=O) groups excluding carboxylic acids is 1. The number of fused-ring (bicyclic) bond motifs is 4. The highest BCUT2D eigenvalue weighted by molar-refractivity contribution is 5.92. The normalized spacial score (nSPS) is 63.1. The van der Waals surface area contributed by atoms with Crippen LogP contribution in [0.15, 0.2) is 11.1 Å². The van der Waals surface area contributed by atoms with Crippen LogP contribution in [0.3, 0.4) is 0 Å². The summed E-state index contributed by atoms with van der Waals surface area (Å²) in [4.78, 5) is 12.1. The average Bonchev–Trinajstić information content (AvgIpc) is 3.47. The minimum absolute atomic E-state index is 0.0106. The molecule has 2 spiro atoms. The molecule has 4 aliphatic carbocycles. The number of cyclic esters (lactones) is 1. The summed E-state index contributed by atoms with van der Waals surface area (Å²) in [6, 6.07) is 0. The van der Waals surface area contributed by atoms with Crippen LogP contribution >= 0.6 is 0 Å². The molecule has 0 bridgehead atoms. The van der Waals surface area contributed by atoms with Gasteiger partial charge in [-0.1, -0.05) is 20.8 Å². The zero-order valence-electron chi connectivity index (χ0n) is 15.6. The molecule has 0 aromatic heterocycles. The monoisotopic (exact) mass is 358 g/mol. The molecule has 2 saturated heterocycles. The zero-order chi connectivity index (χ0) is 17.9. The first-order valence-corrected chi connectivity index (χ1v) is 10.3. The molecule has 5 fully saturated rings. The first-order valence-electron chi connectivity index (χ1n) is 10.3. The van der Waals surface area contributed by atoms with E-state index >= 15 is 0 Å². The average molecular weight is 358 g/mol. The Hall–Kier alpha value is -0.910. The van der Waals surface area contributed by atoms with E-state index in [1.165, 1.54) is 5.57 Å². The number of aliphatic hydroxyl groups excluding tert-OH is 1. The highest BCUT2D eigenvalue weighted by Gasteiger charge is 2.98. The van der Waals surface area contributed by atoms with E-state index in [0.29, 0.717) is 24.4 Å². The topological polar surface area (TPSA) is 71.6 Å². The number of carbonyl (C=O) groups is 1. The molecule has 2 unspecified atom stereocenters. The maximum atomic E-state index is 12.1. The third kappa shape index (κ3) is 1.15. The number of hydrogen-bond acceptors (Lipinski definition) is 5. The Morgan fingerprint density at radius 2 is 2.08 bits per heavy atom. The molecule has 140 valence electrons. The van der Waals surface area contributed by atoms with Gasteiger partial charge in [-0.25, -0.2) is 4.79 Å². The van der Waals surface area contributed by atoms with Crippen LogP contribution in [-0.2, 0) is 19.0 Å². The van der Waals surface area contributed by atoms with Crippen molar-refractivity contribution < 1.29 is 24.1 Å². The lowest BCUT2D eigenvalue weighted by atomic mass is 9.45. The summed E-state index contributed by atoms with van der Waals surface area (Å²) in [6.45, 7) is 7.20. The van der Waals surface area contributed by atoms with Gasteiger partial charge in [-0.2, -0.15) is 0 Å². The number of rotatable bonds is 1. The molecule has 5 heteroatoms. The molecule has 9 atom stereocenters. The summed E-state index contributed by atoms with van der Waals surface area (Å²) >= 11 is 0. The van der Waals surface area contributed by atoms with Crippen LogP contribution in [0.25, 0.3) is 0 Å². The zero-order valence-corrected chi connectivity index (χ0v) is 15.6. The summed E-state index contributed by atoms with van der Waals surface area (Å²) in [7, 11) is 0. The van der Waals surface area contributed by atoms with Crippen molar-refractivity contribution in [2.24, 2.45) is 28.6 Å². The Bertz CT molecular complexity index is 817. The molecule has 3 heterocycles. The first-order chi connectivity index (χ1) is 12.3. The van der Waals surface area contributed by atoms with Gasteiger partial charge >= 0.3 is 5.97 Å². The van der Waals surface area contributed by atoms with Gasteiger partial charge in [-0.3, -0.25) is 0 Å². The van der Waals surface area contributed by atoms with Crippen LogP contribution in [0.1, 0.15) is 46.5 Å². The molecule has 0 aromatic rings. The van der Waals surface area contributed by atoms with E-state index in [0.717, 1.165) is 31.3 Å². The van der Waals surface area contributed by atoms with E-state index in [4.69, 9.17) is 14.2 Å². The van der Waals surface area contributed by atoms with Crippen molar-refractivity contribution in [3.05, 3.63) is 11.1 Å². The number of aliphatic hydroxyl groups is 1. The van der Waals surface area contributed by atoms with E-state index in [-0.39, 0.29) is 29.0 Å². The van der Waals surface area contributed by atoms with Crippen LogP contribution in [0.2, 0.25) is 0 Å². The van der Waals surface area contributed by atoms with Crippen molar-refractivity contribution >= 4 is 5.97 Å². The minimum atomic E-state index is -0.529. The molecule has 0 aromatic carbocycles. The predicted octanol–water partition coefficient (Wildman–Crippen LogP) is 1.97. The van der Waals surface area contributed by atoms with Gasteiger partial charge in [0.25, 0.3) is 0 Å². The fourth-order valence-electron chi connectivity index (χ4n) is 8.54. The quantitative estimate of drug-likeness (QED) is 0.573. The van der Waals surface area contributed by atoms with Gasteiger partial charge < -0.3 is 19.3 Å². The number of esters is 1. The molecule has 26 heavy (non-hydrogen) atoms. The number of ether oxygens (including phenoxy) is 3. The molecule has 7 aliphatic rings. The van der Waals surface area contributed by atoms with E-state index < -0.39 is 17.3 Å². The molecule has 1 N–H and O–H groups in total. The van der Waals surface area contributed by atoms with Crippen LogP contribution < -0.4 is 0 Å². The predicted molar refractivity (Wildman–Crippen MR) is 90.0 cm³/mol. The Morgan fingerprint density at radius 1 is 1.27 bits per heavy atom. The van der Waals surface area contributed by atoms with E-state index in [2.05, 4.69) is 20.8 Å². The standard InChI is InChI=1S/C21H26O5/c1-9(2)20-15(26-20)13-7-19(13)18(3)5-4-10-11(8-24-16(10)22)12(18)6-14-21(19,25-14)17(20)23/h9,12-15,17,23H,4-8H2,1-3H3/t12?,13?,14-,15-,17+,18-,19-,20-,21+/m0/s1. The van der Waals surface area contributed by atoms with Crippen molar-refractivity contribution in [3.8, 4) is 0 Å². The number of epoxide rings is 2. The summed E-state index contributed by atoms with van der Waals surface area (Å²) in [5, 5.41) is 11.5. The van der Waals surface area contributed by atoms with Gasteiger partial charge in [0.05, 0.1) is 12.2 Å². The number of hydrogen-bond donors (Lipinski definition) is 1. The molecule has 0 amide bonds. The van der Waals surface area contributed by atoms with Crippen LogP contribution in [0.4, 0.5) is 0 Å². The van der Waals surface area contributed by atoms with E-state index in [1.807, 2.05) is 0 Å². The Morgan fingerprint density at radius 3 is 2.85 bits per heavy atom. The third-order valence-corrected chi connectivity index (χ3v) is 9.84. The van der Waals surface area contributed by atoms with Crippen LogP contribution in [0, 0.1) is 28.6 Å². The Balaban J connectivity index is 1.39. The van der Waals surface area contributed by atoms with Gasteiger partial charge in [0, 0.05) is 11.0 Å². The lowest BCUT2D eigenvalue weighted by Crippen LogP contribution is -2.64. The second-order valence-electron chi connectivity index (χ2n) is 10.4. The summed E-state index contributed by atoms with van der Waals surface area (Å²) in [6.07, 6.45) is 3.57. The summed E-state index contributed by atoms with van der Waals surface area (Å²) < 4.78 is 18.1. The molecular formula is C21H26O5. The summed E-state index contributed by atoms with van der Waals surface area (Å²) in [5.41, 5.74) is 1.43. The van der Waals surface area contributed by atoms with E-state index in [1.54, 1.807) is 0 Å². The second-order valence-corrected chi connectivity index (χ2v) is 10.4. The Labute approximate surface area is 153 Å². The molecule has 7 rings (SSSR count). The Kier molecular flexibility index (Phi) is 2.21. The molecule has 5 nitrogen and oxygen atoms in total. The van der Waals surface area contributed by atoms with Crippen molar-refractivity contribution in [1.29, 1.82) is 0 Å². The van der Waals surface area contributed by atoms with Crippen molar-refractivity contribution in [1.82, 2.24) is 0 Å². The fourth-order valence-corrected chi connectivity index (χ4v) is 8.54. The molecular weight excluding hydrogens is 332 g/mol. The van der Waals surface area contributed by atoms with Gasteiger partial charge in [-0.15, -0.1) is 0 Å². The van der Waals surface area contributed by atoms with Gasteiger partial charge in [0.15, 0.2) is 0 Å². The molecule has 3 saturated carbocycles. The molecule has 0 radical (unpaired) electrons. The highest BCUT2D eigenvalue weighted by Crippen LogP contribution is 2.89. The second kappa shape index (κ2) is 3.81. The van der Waals surface area contributed by atoms with Gasteiger partial charge in [0.2, 0.25) is 0 Å². The SMILES string of the molecule is CC(C)[C@]12O[C@H]1C1C[C@]13[C@]1(O[C@H]1CC1C4=C(CC[C@@]13C)C(=O)OC4)[C@@H]2O. The van der Waals surface area contributed by atoms with Crippen LogP contribution in [-0.4, -0.2) is 47.2 Å². The minimum Gasteiger partial charge on any atom is -0.458 e. The van der Waals surface area contributed by atoms with Gasteiger partial charge in [0.1, 0.15) is 23.9 Å². The third-order valence-electron chi connectivity index (χ3n) is 9.84. The molecule has 3 aliphatic heterocycles. The summed E-state index contributed by atoms with van der Waals surface area (Å²) in [5.74, 6) is 1.04.